The van der Waals surface area contributed by atoms with E-state index in [0.717, 1.165) is 58.9 Å². The quantitative estimate of drug-likeness (QED) is 0.523. The van der Waals surface area contributed by atoms with Crippen LogP contribution in [0.1, 0.15) is 0 Å². The molecule has 0 amide bonds. The molecule has 0 radical (unpaired) electrons. The van der Waals surface area contributed by atoms with Crippen LogP contribution in [0.15, 0.2) is 36.8 Å². The Morgan fingerprint density at radius 1 is 1.00 bits per heavy atom. The Morgan fingerprint density at radius 2 is 1.77 bits per heavy atom. The molecule has 0 atom stereocenters. The van der Waals surface area contributed by atoms with Gasteiger partial charge in [-0.2, -0.15) is 5.10 Å². The predicted molar refractivity (Wildman–Crippen MR) is 116 cm³/mol. The molecule has 10 heteroatoms. The number of fused-ring (bicyclic) bond motifs is 1. The summed E-state index contributed by atoms with van der Waals surface area (Å²) in [6, 6.07) is 5.75. The van der Waals surface area contributed by atoms with Gasteiger partial charge in [-0.15, -0.1) is 0 Å². The van der Waals surface area contributed by atoms with Gasteiger partial charge in [0.25, 0.3) is 0 Å². The lowest BCUT2D eigenvalue weighted by Gasteiger charge is -2.27. The topological polar surface area (TPSA) is 89.7 Å². The Kier molecular flexibility index (Phi) is 4.93. The number of imidazole rings is 1. The van der Waals surface area contributed by atoms with E-state index in [1.54, 1.807) is 18.7 Å². The Hall–Kier alpha value is -3.24. The molecule has 9 nitrogen and oxygen atoms in total. The van der Waals surface area contributed by atoms with Gasteiger partial charge in [0.05, 0.1) is 26.1 Å². The van der Waals surface area contributed by atoms with Crippen LogP contribution in [-0.2, 0) is 0 Å². The monoisotopic (exact) mass is 423 g/mol. The summed E-state index contributed by atoms with van der Waals surface area (Å²) >= 11 is 1.51. The molecule has 0 bridgehead atoms. The van der Waals surface area contributed by atoms with E-state index in [4.69, 9.17) is 14.5 Å². The smallest absolute Gasteiger partial charge is 0.225 e. The SMILES string of the molecule is COc1ccc(-c2nn3cc(-c4cnc(N5CCNCC5)nc4)nc3s2)cc1OC. The minimum Gasteiger partial charge on any atom is -0.493 e. The minimum atomic E-state index is 0.672. The summed E-state index contributed by atoms with van der Waals surface area (Å²) in [4.78, 5) is 16.8. The minimum absolute atomic E-state index is 0.672. The molecule has 154 valence electrons. The van der Waals surface area contributed by atoms with Crippen molar-refractivity contribution in [3.05, 3.63) is 36.8 Å². The number of piperazine rings is 1. The molecule has 0 spiro atoms. The van der Waals surface area contributed by atoms with Gasteiger partial charge in [-0.3, -0.25) is 0 Å². The number of methoxy groups -OCH3 is 2. The highest BCUT2D eigenvalue weighted by Crippen LogP contribution is 2.34. The number of benzene rings is 1. The summed E-state index contributed by atoms with van der Waals surface area (Å²) in [6.07, 6.45) is 5.55. The van der Waals surface area contributed by atoms with E-state index in [-0.39, 0.29) is 0 Å². The summed E-state index contributed by atoms with van der Waals surface area (Å²) in [6.45, 7) is 3.75. The summed E-state index contributed by atoms with van der Waals surface area (Å²) in [5, 5.41) is 8.86. The van der Waals surface area contributed by atoms with Crippen LogP contribution in [0.25, 0.3) is 26.8 Å². The van der Waals surface area contributed by atoms with Crippen LogP contribution >= 0.6 is 11.3 Å². The molecule has 5 rings (SSSR count). The fourth-order valence-corrected chi connectivity index (χ4v) is 4.28. The normalized spacial score (nSPS) is 14.3. The highest BCUT2D eigenvalue weighted by atomic mass is 32.1. The van der Waals surface area contributed by atoms with Gasteiger partial charge in [-0.05, 0) is 18.2 Å². The highest BCUT2D eigenvalue weighted by Gasteiger charge is 2.16. The Balaban J connectivity index is 1.40. The number of rotatable bonds is 5. The Labute approximate surface area is 177 Å². The second kappa shape index (κ2) is 7.88. The van der Waals surface area contributed by atoms with E-state index >= 15 is 0 Å². The zero-order valence-corrected chi connectivity index (χ0v) is 17.5. The van der Waals surface area contributed by atoms with Crippen LogP contribution in [-0.4, -0.2) is 65.0 Å². The zero-order chi connectivity index (χ0) is 20.5. The Bertz CT molecular complexity index is 1130. The summed E-state index contributed by atoms with van der Waals surface area (Å²) in [7, 11) is 3.24. The van der Waals surface area contributed by atoms with Crippen molar-refractivity contribution in [2.75, 3.05) is 45.3 Å². The Morgan fingerprint density at radius 3 is 2.47 bits per heavy atom. The van der Waals surface area contributed by atoms with Crippen molar-refractivity contribution in [1.29, 1.82) is 0 Å². The predicted octanol–water partition coefficient (Wildman–Crippen LogP) is 2.34. The van der Waals surface area contributed by atoms with Crippen molar-refractivity contribution >= 4 is 22.2 Å². The van der Waals surface area contributed by atoms with Crippen molar-refractivity contribution < 1.29 is 9.47 Å². The maximum absolute atomic E-state index is 5.39. The van der Waals surface area contributed by atoms with E-state index in [1.807, 2.05) is 36.8 Å². The summed E-state index contributed by atoms with van der Waals surface area (Å²) < 4.78 is 12.5. The molecule has 1 N–H and O–H groups in total. The third kappa shape index (κ3) is 3.44. The first-order valence-corrected chi connectivity index (χ1v) is 10.4. The van der Waals surface area contributed by atoms with E-state index in [1.165, 1.54) is 11.3 Å². The van der Waals surface area contributed by atoms with E-state index in [0.29, 0.717) is 11.5 Å². The van der Waals surface area contributed by atoms with Crippen molar-refractivity contribution in [2.45, 2.75) is 0 Å². The van der Waals surface area contributed by atoms with E-state index < -0.39 is 0 Å². The third-order valence-electron chi connectivity index (χ3n) is 5.01. The molecule has 1 fully saturated rings. The van der Waals surface area contributed by atoms with Gasteiger partial charge in [-0.25, -0.2) is 19.5 Å². The molecule has 0 saturated carbocycles. The molecular weight excluding hydrogens is 402 g/mol. The molecule has 4 aromatic rings. The molecule has 1 saturated heterocycles. The van der Waals surface area contributed by atoms with Crippen molar-refractivity contribution in [1.82, 2.24) is 29.9 Å². The van der Waals surface area contributed by atoms with Gasteiger partial charge in [0.15, 0.2) is 11.5 Å². The fraction of sp³-hybridized carbons (Fsp3) is 0.300. The first-order chi connectivity index (χ1) is 14.7. The molecule has 4 heterocycles. The molecule has 30 heavy (non-hydrogen) atoms. The van der Waals surface area contributed by atoms with E-state index in [2.05, 4.69) is 25.3 Å². The number of nitrogens with one attached hydrogen (secondary N) is 1. The van der Waals surface area contributed by atoms with Crippen LogP contribution < -0.4 is 19.7 Å². The molecule has 0 unspecified atom stereocenters. The van der Waals surface area contributed by atoms with Gasteiger partial charge in [0.1, 0.15) is 5.01 Å². The average molecular weight is 424 g/mol. The van der Waals surface area contributed by atoms with Gasteiger partial charge in [-0.1, -0.05) is 11.3 Å². The maximum Gasteiger partial charge on any atom is 0.225 e. The first kappa shape index (κ1) is 18.8. The van der Waals surface area contributed by atoms with Crippen molar-refractivity contribution in [3.63, 3.8) is 0 Å². The second-order valence-electron chi connectivity index (χ2n) is 6.84. The fourth-order valence-electron chi connectivity index (χ4n) is 3.41. The van der Waals surface area contributed by atoms with Crippen LogP contribution in [0.5, 0.6) is 11.5 Å². The van der Waals surface area contributed by atoms with Crippen molar-refractivity contribution in [3.8, 4) is 33.3 Å². The van der Waals surface area contributed by atoms with Crippen LogP contribution in [0.4, 0.5) is 5.95 Å². The second-order valence-corrected chi connectivity index (χ2v) is 7.80. The first-order valence-electron chi connectivity index (χ1n) is 9.62. The zero-order valence-electron chi connectivity index (χ0n) is 16.7. The van der Waals surface area contributed by atoms with Gasteiger partial charge < -0.3 is 19.7 Å². The van der Waals surface area contributed by atoms with Gasteiger partial charge >= 0.3 is 0 Å². The molecule has 1 aliphatic rings. The van der Waals surface area contributed by atoms with Crippen LogP contribution in [0.3, 0.4) is 0 Å². The lowest BCUT2D eigenvalue weighted by molar-refractivity contribution is 0.355. The molecule has 0 aliphatic carbocycles. The van der Waals surface area contributed by atoms with Crippen LogP contribution in [0, 0.1) is 0 Å². The van der Waals surface area contributed by atoms with Gasteiger partial charge in [0.2, 0.25) is 10.9 Å². The molecule has 3 aromatic heterocycles. The van der Waals surface area contributed by atoms with E-state index in [9.17, 15) is 0 Å². The highest BCUT2D eigenvalue weighted by molar-refractivity contribution is 7.19. The molecule has 1 aromatic carbocycles. The number of hydrogen-bond acceptors (Lipinski definition) is 9. The summed E-state index contributed by atoms with van der Waals surface area (Å²) in [5.41, 5.74) is 2.63. The number of aromatic nitrogens is 5. The largest absolute Gasteiger partial charge is 0.493 e. The molecule has 1 aliphatic heterocycles. The lowest BCUT2D eigenvalue weighted by atomic mass is 10.2. The standard InChI is InChI=1S/C20H21N7O2S/c1-28-16-4-3-13(9-17(16)29-2)18-25-27-12-15(24-20(27)30-18)14-10-22-19(23-11-14)26-7-5-21-6-8-26/h3-4,9-12,21H,5-8H2,1-2H3. The average Bonchev–Trinajstić information content (AvgIpc) is 3.39. The number of ether oxygens (including phenoxy) is 2. The summed E-state index contributed by atoms with van der Waals surface area (Å²) in [5.74, 6) is 2.12. The van der Waals surface area contributed by atoms with Crippen molar-refractivity contribution in [2.24, 2.45) is 0 Å². The van der Waals surface area contributed by atoms with Crippen LogP contribution in [0.2, 0.25) is 0 Å². The number of anilines is 1. The lowest BCUT2D eigenvalue weighted by Crippen LogP contribution is -2.44. The number of hydrogen-bond donors (Lipinski definition) is 1. The third-order valence-corrected chi connectivity index (χ3v) is 5.98. The molecular formula is C20H21N7O2S. The van der Waals surface area contributed by atoms with Gasteiger partial charge in [0, 0.05) is 49.7 Å². The number of nitrogens with zero attached hydrogens (tertiary/aromatic N) is 6. The maximum atomic E-state index is 5.39.